The Kier molecular flexibility index (Phi) is 6.01. The van der Waals surface area contributed by atoms with E-state index in [1.54, 1.807) is 13.8 Å². The number of nitro groups is 1. The molecule has 0 unspecified atom stereocenters. The molecule has 30 heavy (non-hydrogen) atoms. The maximum atomic E-state index is 13.2. The van der Waals surface area contributed by atoms with Crippen molar-refractivity contribution in [1.29, 1.82) is 0 Å². The summed E-state index contributed by atoms with van der Waals surface area (Å²) in [5.74, 6) is 0. The zero-order chi connectivity index (χ0) is 22.3. The molecule has 1 heterocycles. The van der Waals surface area contributed by atoms with E-state index >= 15 is 0 Å². The summed E-state index contributed by atoms with van der Waals surface area (Å²) in [6, 6.07) is 8.28. The fraction of sp³-hybridized carbons (Fsp3) is 0.368. The predicted molar refractivity (Wildman–Crippen MR) is 111 cm³/mol. The van der Waals surface area contributed by atoms with Gasteiger partial charge in [0.15, 0.2) is 0 Å². The third kappa shape index (κ3) is 4.10. The first-order chi connectivity index (χ1) is 13.9. The van der Waals surface area contributed by atoms with Gasteiger partial charge >= 0.3 is 0 Å². The molecule has 1 aliphatic heterocycles. The minimum absolute atomic E-state index is 0.00249. The SMILES string of the molecule is Cc1cc(C)c(S(=O)(=O)N2CCN(S(=O)(=O)c3ccc([N+](=O)[O-])cc3)CC2)c(C)c1. The van der Waals surface area contributed by atoms with Gasteiger partial charge in [0.25, 0.3) is 5.69 Å². The van der Waals surface area contributed by atoms with E-state index in [4.69, 9.17) is 0 Å². The van der Waals surface area contributed by atoms with Crippen LogP contribution in [-0.2, 0) is 20.0 Å². The molecule has 2 aromatic carbocycles. The minimum Gasteiger partial charge on any atom is -0.258 e. The second-order valence-electron chi connectivity index (χ2n) is 7.29. The van der Waals surface area contributed by atoms with Crippen LogP contribution in [0.3, 0.4) is 0 Å². The monoisotopic (exact) mass is 453 g/mol. The molecule has 9 nitrogen and oxygen atoms in total. The Morgan fingerprint density at radius 1 is 0.800 bits per heavy atom. The first kappa shape index (κ1) is 22.3. The largest absolute Gasteiger partial charge is 0.269 e. The molecule has 0 aromatic heterocycles. The van der Waals surface area contributed by atoms with Crippen LogP contribution in [0.15, 0.2) is 46.2 Å². The molecular formula is C19H23N3O6S2. The van der Waals surface area contributed by atoms with E-state index in [-0.39, 0.29) is 41.7 Å². The lowest BCUT2D eigenvalue weighted by Crippen LogP contribution is -2.50. The van der Waals surface area contributed by atoms with Crippen LogP contribution in [0.4, 0.5) is 5.69 Å². The molecule has 1 aliphatic rings. The van der Waals surface area contributed by atoms with Crippen molar-refractivity contribution in [3.8, 4) is 0 Å². The first-order valence-electron chi connectivity index (χ1n) is 9.27. The van der Waals surface area contributed by atoms with Crippen LogP contribution in [-0.4, -0.2) is 56.5 Å². The molecule has 11 heteroatoms. The number of nitro benzene ring substituents is 1. The molecule has 0 amide bonds. The Hall–Kier alpha value is -2.34. The highest BCUT2D eigenvalue weighted by atomic mass is 32.2. The lowest BCUT2D eigenvalue weighted by Gasteiger charge is -2.33. The number of rotatable bonds is 5. The van der Waals surface area contributed by atoms with Crippen molar-refractivity contribution in [3.05, 3.63) is 63.2 Å². The summed E-state index contributed by atoms with van der Waals surface area (Å²) in [7, 11) is -7.62. The Bertz CT molecular complexity index is 1160. The average molecular weight is 454 g/mol. The number of benzene rings is 2. The molecular weight excluding hydrogens is 430 g/mol. The lowest BCUT2D eigenvalue weighted by atomic mass is 10.1. The predicted octanol–water partition coefficient (Wildman–Crippen LogP) is 2.22. The van der Waals surface area contributed by atoms with E-state index in [0.29, 0.717) is 11.1 Å². The lowest BCUT2D eigenvalue weighted by molar-refractivity contribution is -0.384. The molecule has 0 atom stereocenters. The second kappa shape index (κ2) is 8.06. The van der Waals surface area contributed by atoms with Crippen LogP contribution >= 0.6 is 0 Å². The van der Waals surface area contributed by atoms with Gasteiger partial charge in [-0.3, -0.25) is 10.1 Å². The standard InChI is InChI=1S/C19H23N3O6S2/c1-14-12-15(2)19(16(3)13-14)30(27,28)21-10-8-20(9-11-21)29(25,26)18-6-4-17(5-7-18)22(23)24/h4-7,12-13H,8-11H2,1-3H3. The smallest absolute Gasteiger partial charge is 0.258 e. The van der Waals surface area contributed by atoms with Crippen molar-refractivity contribution in [3.63, 3.8) is 0 Å². The van der Waals surface area contributed by atoms with Gasteiger partial charge in [-0.15, -0.1) is 0 Å². The van der Waals surface area contributed by atoms with Gasteiger partial charge in [0, 0.05) is 38.3 Å². The number of piperazine rings is 1. The molecule has 1 saturated heterocycles. The van der Waals surface area contributed by atoms with Crippen LogP contribution < -0.4 is 0 Å². The Labute approximate surface area is 176 Å². The topological polar surface area (TPSA) is 118 Å². The number of hydrogen-bond donors (Lipinski definition) is 0. The van der Waals surface area contributed by atoms with Gasteiger partial charge in [-0.2, -0.15) is 8.61 Å². The van der Waals surface area contributed by atoms with Gasteiger partial charge < -0.3 is 0 Å². The Balaban J connectivity index is 1.79. The van der Waals surface area contributed by atoms with E-state index in [1.807, 2.05) is 19.1 Å². The molecule has 0 saturated carbocycles. The Morgan fingerprint density at radius 2 is 1.23 bits per heavy atom. The van der Waals surface area contributed by atoms with Crippen molar-refractivity contribution in [2.24, 2.45) is 0 Å². The number of non-ortho nitro benzene ring substituents is 1. The maximum absolute atomic E-state index is 13.2. The Morgan fingerprint density at radius 3 is 1.67 bits per heavy atom. The van der Waals surface area contributed by atoms with E-state index in [9.17, 15) is 26.9 Å². The van der Waals surface area contributed by atoms with Gasteiger partial charge in [-0.25, -0.2) is 16.8 Å². The highest BCUT2D eigenvalue weighted by Gasteiger charge is 2.35. The van der Waals surface area contributed by atoms with Crippen LogP contribution in [0.2, 0.25) is 0 Å². The van der Waals surface area contributed by atoms with E-state index in [0.717, 1.165) is 17.7 Å². The average Bonchev–Trinajstić information content (AvgIpc) is 2.67. The summed E-state index contributed by atoms with van der Waals surface area (Å²) in [5, 5.41) is 10.8. The molecule has 0 radical (unpaired) electrons. The summed E-state index contributed by atoms with van der Waals surface area (Å²) >= 11 is 0. The van der Waals surface area contributed by atoms with Crippen LogP contribution in [0.1, 0.15) is 16.7 Å². The number of aryl methyl sites for hydroxylation is 3. The fourth-order valence-electron chi connectivity index (χ4n) is 3.74. The van der Waals surface area contributed by atoms with Crippen molar-refractivity contribution < 1.29 is 21.8 Å². The fourth-order valence-corrected chi connectivity index (χ4v) is 7.00. The third-order valence-corrected chi connectivity index (χ3v) is 9.20. The highest BCUT2D eigenvalue weighted by Crippen LogP contribution is 2.27. The third-order valence-electron chi connectivity index (χ3n) is 5.09. The summed E-state index contributed by atoms with van der Waals surface area (Å²) in [5.41, 5.74) is 2.10. The van der Waals surface area contributed by atoms with Crippen LogP contribution in [0, 0.1) is 30.9 Å². The highest BCUT2D eigenvalue weighted by molar-refractivity contribution is 7.89. The van der Waals surface area contributed by atoms with E-state index < -0.39 is 25.0 Å². The number of nitrogens with zero attached hydrogens (tertiary/aromatic N) is 3. The van der Waals surface area contributed by atoms with Crippen molar-refractivity contribution in [2.75, 3.05) is 26.2 Å². The molecule has 2 aromatic rings. The van der Waals surface area contributed by atoms with Crippen LogP contribution in [0.25, 0.3) is 0 Å². The normalized spacial score (nSPS) is 16.5. The molecule has 0 bridgehead atoms. The van der Waals surface area contributed by atoms with Crippen molar-refractivity contribution >= 4 is 25.7 Å². The minimum atomic E-state index is -3.87. The van der Waals surface area contributed by atoms with Crippen molar-refractivity contribution in [2.45, 2.75) is 30.6 Å². The van der Waals surface area contributed by atoms with Gasteiger partial charge in [0.05, 0.1) is 14.7 Å². The second-order valence-corrected chi connectivity index (χ2v) is 11.1. The molecule has 0 aliphatic carbocycles. The van der Waals surface area contributed by atoms with E-state index in [1.165, 1.54) is 20.7 Å². The van der Waals surface area contributed by atoms with Gasteiger partial charge in [0.1, 0.15) is 0 Å². The number of hydrogen-bond acceptors (Lipinski definition) is 6. The summed E-state index contributed by atoms with van der Waals surface area (Å²) in [6.45, 7) is 5.47. The molecule has 1 fully saturated rings. The van der Waals surface area contributed by atoms with Crippen LogP contribution in [0.5, 0.6) is 0 Å². The zero-order valence-corrected chi connectivity index (χ0v) is 18.5. The van der Waals surface area contributed by atoms with Gasteiger partial charge in [-0.1, -0.05) is 17.7 Å². The van der Waals surface area contributed by atoms with Crippen molar-refractivity contribution in [1.82, 2.24) is 8.61 Å². The zero-order valence-electron chi connectivity index (χ0n) is 16.9. The van der Waals surface area contributed by atoms with Gasteiger partial charge in [0.2, 0.25) is 20.0 Å². The van der Waals surface area contributed by atoms with Gasteiger partial charge in [-0.05, 0) is 44.0 Å². The summed E-state index contributed by atoms with van der Waals surface area (Å²) in [4.78, 5) is 10.4. The number of sulfonamides is 2. The molecule has 3 rings (SSSR count). The molecule has 0 spiro atoms. The summed E-state index contributed by atoms with van der Waals surface area (Å²) in [6.07, 6.45) is 0. The molecule has 162 valence electrons. The quantitative estimate of drug-likeness (QED) is 0.506. The maximum Gasteiger partial charge on any atom is 0.269 e. The van der Waals surface area contributed by atoms with E-state index in [2.05, 4.69) is 0 Å². The summed E-state index contributed by atoms with van der Waals surface area (Å²) < 4.78 is 54.5. The first-order valence-corrected chi connectivity index (χ1v) is 12.1. The molecule has 0 N–H and O–H groups in total.